The molecular weight excluding hydrogens is 467 g/mol. The SMILES string of the molecule is CC(=O)NC(C)Cn1c(-c2ccc(F)c(Cl)c2)nc2cc(OCCCN3CCCCCC3)ccc21. The lowest BCUT2D eigenvalue weighted by Gasteiger charge is -2.19. The fourth-order valence-corrected chi connectivity index (χ4v) is 4.92. The monoisotopic (exact) mass is 500 g/mol. The van der Waals surface area contributed by atoms with Crippen LogP contribution in [0.15, 0.2) is 36.4 Å². The highest BCUT2D eigenvalue weighted by Crippen LogP contribution is 2.30. The van der Waals surface area contributed by atoms with Gasteiger partial charge in [0.05, 0.1) is 22.7 Å². The van der Waals surface area contributed by atoms with Gasteiger partial charge in [0.15, 0.2) is 0 Å². The minimum Gasteiger partial charge on any atom is -0.493 e. The van der Waals surface area contributed by atoms with E-state index in [0.717, 1.165) is 29.7 Å². The molecular formula is C27H34ClFN4O2. The van der Waals surface area contributed by atoms with Gasteiger partial charge in [0.25, 0.3) is 0 Å². The van der Waals surface area contributed by atoms with E-state index < -0.39 is 5.82 Å². The number of aromatic nitrogens is 2. The van der Waals surface area contributed by atoms with Gasteiger partial charge in [-0.15, -0.1) is 0 Å². The maximum absolute atomic E-state index is 13.8. The quantitative estimate of drug-likeness (QED) is 0.385. The number of hydrogen-bond donors (Lipinski definition) is 1. The molecule has 0 aliphatic carbocycles. The van der Waals surface area contributed by atoms with Crippen LogP contribution in [-0.4, -0.2) is 52.6 Å². The molecule has 8 heteroatoms. The lowest BCUT2D eigenvalue weighted by Crippen LogP contribution is -2.34. The minimum absolute atomic E-state index is 0.0458. The molecule has 2 heterocycles. The number of likely N-dealkylation sites (tertiary alicyclic amines) is 1. The Bertz CT molecular complexity index is 1160. The third kappa shape index (κ3) is 6.73. The molecule has 6 nitrogen and oxygen atoms in total. The molecule has 1 aliphatic heterocycles. The Morgan fingerprint density at radius 1 is 1.17 bits per heavy atom. The van der Waals surface area contributed by atoms with Crippen LogP contribution in [0.25, 0.3) is 22.4 Å². The highest BCUT2D eigenvalue weighted by Gasteiger charge is 2.17. The molecule has 3 aromatic rings. The van der Waals surface area contributed by atoms with Gasteiger partial charge in [-0.2, -0.15) is 0 Å². The van der Waals surface area contributed by atoms with Crippen molar-refractivity contribution in [2.24, 2.45) is 0 Å². The van der Waals surface area contributed by atoms with Gasteiger partial charge in [-0.1, -0.05) is 24.4 Å². The molecule has 2 aromatic carbocycles. The van der Waals surface area contributed by atoms with Crippen LogP contribution in [0, 0.1) is 5.82 Å². The molecule has 0 radical (unpaired) electrons. The summed E-state index contributed by atoms with van der Waals surface area (Å²) in [6.07, 6.45) is 6.26. The molecule has 35 heavy (non-hydrogen) atoms. The Morgan fingerprint density at radius 2 is 1.94 bits per heavy atom. The average molecular weight is 501 g/mol. The second-order valence-electron chi connectivity index (χ2n) is 9.38. The van der Waals surface area contributed by atoms with Crippen LogP contribution >= 0.6 is 11.6 Å². The summed E-state index contributed by atoms with van der Waals surface area (Å²) in [5, 5.41) is 2.97. The van der Waals surface area contributed by atoms with E-state index in [2.05, 4.69) is 10.2 Å². The van der Waals surface area contributed by atoms with Crippen LogP contribution in [0.1, 0.15) is 46.0 Å². The van der Waals surface area contributed by atoms with E-state index in [4.69, 9.17) is 21.3 Å². The van der Waals surface area contributed by atoms with Crippen molar-refractivity contribution in [1.82, 2.24) is 19.8 Å². The number of carbonyl (C=O) groups is 1. The summed E-state index contributed by atoms with van der Waals surface area (Å²) in [6, 6.07) is 10.4. The minimum atomic E-state index is -0.472. The number of hydrogen-bond acceptors (Lipinski definition) is 4. The summed E-state index contributed by atoms with van der Waals surface area (Å²) < 4.78 is 21.9. The topological polar surface area (TPSA) is 59.4 Å². The van der Waals surface area contributed by atoms with Gasteiger partial charge in [-0.05, 0) is 69.6 Å². The maximum atomic E-state index is 13.8. The van der Waals surface area contributed by atoms with E-state index in [-0.39, 0.29) is 17.0 Å². The van der Waals surface area contributed by atoms with Crippen molar-refractivity contribution in [3.05, 3.63) is 47.2 Å². The molecule has 1 fully saturated rings. The van der Waals surface area contributed by atoms with Crippen LogP contribution < -0.4 is 10.1 Å². The van der Waals surface area contributed by atoms with Crippen molar-refractivity contribution in [1.29, 1.82) is 0 Å². The van der Waals surface area contributed by atoms with Crippen LogP contribution in [0.4, 0.5) is 4.39 Å². The van der Waals surface area contributed by atoms with Gasteiger partial charge in [-0.25, -0.2) is 9.37 Å². The number of imidazole rings is 1. The molecule has 1 aromatic heterocycles. The largest absolute Gasteiger partial charge is 0.493 e. The normalized spacial score (nSPS) is 15.7. The number of fused-ring (bicyclic) bond motifs is 1. The van der Waals surface area contributed by atoms with Crippen molar-refractivity contribution in [2.45, 2.75) is 58.5 Å². The summed E-state index contributed by atoms with van der Waals surface area (Å²) in [5.41, 5.74) is 2.40. The second-order valence-corrected chi connectivity index (χ2v) is 9.79. The van der Waals surface area contributed by atoms with Gasteiger partial charge >= 0.3 is 0 Å². The number of nitrogens with one attached hydrogen (secondary N) is 1. The smallest absolute Gasteiger partial charge is 0.217 e. The fourth-order valence-electron chi connectivity index (χ4n) is 4.74. The summed E-state index contributed by atoms with van der Waals surface area (Å²) in [6.45, 7) is 8.05. The van der Waals surface area contributed by atoms with E-state index in [0.29, 0.717) is 24.5 Å². The summed E-state index contributed by atoms with van der Waals surface area (Å²) in [5.74, 6) is 0.874. The first kappa shape index (κ1) is 25.5. The molecule has 188 valence electrons. The zero-order valence-corrected chi connectivity index (χ0v) is 21.3. The Morgan fingerprint density at radius 3 is 2.66 bits per heavy atom. The number of halogens is 2. The standard InChI is InChI=1S/C27H34ClFN4O2/c1-19(30-20(2)34)18-33-26-11-9-22(35-15-7-14-32-12-5-3-4-6-13-32)17-25(26)31-27(33)21-8-10-24(29)23(28)16-21/h8-11,16-17,19H,3-7,12-15,18H2,1-2H3,(H,30,34). The zero-order valence-electron chi connectivity index (χ0n) is 20.5. The summed E-state index contributed by atoms with van der Waals surface area (Å²) in [7, 11) is 0. The molecule has 1 atom stereocenters. The Balaban J connectivity index is 1.52. The predicted molar refractivity (Wildman–Crippen MR) is 138 cm³/mol. The number of ether oxygens (including phenoxy) is 1. The summed E-state index contributed by atoms with van der Waals surface area (Å²) in [4.78, 5) is 18.9. The maximum Gasteiger partial charge on any atom is 0.217 e. The number of nitrogens with zero attached hydrogens (tertiary/aromatic N) is 3. The fraction of sp³-hybridized carbons (Fsp3) is 0.481. The van der Waals surface area contributed by atoms with Crippen molar-refractivity contribution < 1.29 is 13.9 Å². The molecule has 1 aliphatic rings. The van der Waals surface area contributed by atoms with Crippen molar-refractivity contribution >= 4 is 28.5 Å². The molecule has 0 spiro atoms. The first-order valence-electron chi connectivity index (χ1n) is 12.5. The first-order valence-corrected chi connectivity index (χ1v) is 12.9. The van der Waals surface area contributed by atoms with Crippen molar-refractivity contribution in [2.75, 3.05) is 26.2 Å². The molecule has 1 saturated heterocycles. The van der Waals surface area contributed by atoms with Crippen molar-refractivity contribution in [3.63, 3.8) is 0 Å². The number of benzene rings is 2. The number of amides is 1. The van der Waals surface area contributed by atoms with Gasteiger partial charge in [0.2, 0.25) is 5.91 Å². The lowest BCUT2D eigenvalue weighted by atomic mass is 10.2. The third-order valence-corrected chi connectivity index (χ3v) is 6.68. The zero-order chi connectivity index (χ0) is 24.8. The summed E-state index contributed by atoms with van der Waals surface area (Å²) >= 11 is 6.06. The average Bonchev–Trinajstić information content (AvgIpc) is 2.98. The van der Waals surface area contributed by atoms with Crippen LogP contribution in [-0.2, 0) is 11.3 Å². The van der Waals surface area contributed by atoms with Crippen LogP contribution in [0.2, 0.25) is 5.02 Å². The van der Waals surface area contributed by atoms with Gasteiger partial charge in [-0.3, -0.25) is 4.79 Å². The van der Waals surface area contributed by atoms with Gasteiger partial charge in [0, 0.05) is 37.7 Å². The van der Waals surface area contributed by atoms with E-state index in [1.54, 1.807) is 12.1 Å². The van der Waals surface area contributed by atoms with Gasteiger partial charge in [0.1, 0.15) is 17.4 Å². The second kappa shape index (κ2) is 11.9. The van der Waals surface area contributed by atoms with E-state index in [9.17, 15) is 9.18 Å². The highest BCUT2D eigenvalue weighted by atomic mass is 35.5. The molecule has 4 rings (SSSR count). The Kier molecular flexibility index (Phi) is 8.63. The van der Waals surface area contributed by atoms with E-state index in [1.807, 2.05) is 29.7 Å². The van der Waals surface area contributed by atoms with E-state index in [1.165, 1.54) is 51.8 Å². The van der Waals surface area contributed by atoms with Crippen molar-refractivity contribution in [3.8, 4) is 17.1 Å². The van der Waals surface area contributed by atoms with Gasteiger partial charge < -0.3 is 19.5 Å². The molecule has 0 saturated carbocycles. The predicted octanol–water partition coefficient (Wildman–Crippen LogP) is 5.67. The third-order valence-electron chi connectivity index (χ3n) is 6.39. The number of rotatable bonds is 9. The van der Waals surface area contributed by atoms with Crippen LogP contribution in [0.5, 0.6) is 5.75 Å². The Hall–Kier alpha value is -2.64. The first-order chi connectivity index (χ1) is 16.9. The molecule has 1 amide bonds. The number of carbonyl (C=O) groups excluding carboxylic acids is 1. The molecule has 1 unspecified atom stereocenters. The Labute approximate surface area is 211 Å². The van der Waals surface area contributed by atoms with E-state index >= 15 is 0 Å². The highest BCUT2D eigenvalue weighted by molar-refractivity contribution is 6.31. The lowest BCUT2D eigenvalue weighted by molar-refractivity contribution is -0.119. The van der Waals surface area contributed by atoms with Crippen LogP contribution in [0.3, 0.4) is 0 Å². The molecule has 1 N–H and O–H groups in total. The molecule has 0 bridgehead atoms.